The third-order valence-electron chi connectivity index (χ3n) is 3.96. The van der Waals surface area contributed by atoms with Crippen molar-refractivity contribution in [1.29, 1.82) is 0 Å². The Bertz CT molecular complexity index is 740. The van der Waals surface area contributed by atoms with Gasteiger partial charge in [-0.1, -0.05) is 78.9 Å². The maximum Gasteiger partial charge on any atom is 0.121 e. The second kappa shape index (κ2) is 6.04. The Morgan fingerprint density at radius 1 is 0.727 bits per heavy atom. The van der Waals surface area contributed by atoms with Gasteiger partial charge in [0.2, 0.25) is 0 Å². The van der Waals surface area contributed by atoms with E-state index in [-0.39, 0.29) is 0 Å². The third kappa shape index (κ3) is 2.74. The van der Waals surface area contributed by atoms with E-state index in [1.54, 1.807) is 0 Å². The lowest BCUT2D eigenvalue weighted by Gasteiger charge is -2.30. The monoisotopic (exact) mass is 289 g/mol. The third-order valence-corrected chi connectivity index (χ3v) is 3.96. The molecule has 3 N–H and O–H groups in total. The van der Waals surface area contributed by atoms with E-state index in [0.29, 0.717) is 12.1 Å². The molecule has 0 aliphatic rings. The number of nitrogen functional groups attached to an aromatic ring is 1. The van der Waals surface area contributed by atoms with Gasteiger partial charge in [0.05, 0.1) is 0 Å². The molecule has 0 bridgehead atoms. The van der Waals surface area contributed by atoms with Gasteiger partial charge < -0.3 is 10.8 Å². The van der Waals surface area contributed by atoms with Gasteiger partial charge in [0.25, 0.3) is 0 Å². The van der Waals surface area contributed by atoms with E-state index < -0.39 is 5.60 Å². The predicted molar refractivity (Wildman–Crippen MR) is 90.4 cm³/mol. The molecule has 3 rings (SSSR count). The number of para-hydroxylation sites is 1. The summed E-state index contributed by atoms with van der Waals surface area (Å²) in [5.74, 6) is 0. The number of aliphatic hydroxyl groups is 1. The van der Waals surface area contributed by atoms with E-state index in [2.05, 4.69) is 0 Å². The summed E-state index contributed by atoms with van der Waals surface area (Å²) in [6, 6.07) is 27.2. The first kappa shape index (κ1) is 14.4. The molecule has 0 spiro atoms. The molecule has 110 valence electrons. The number of hydrogen-bond acceptors (Lipinski definition) is 2. The average molecular weight is 289 g/mol. The molecule has 0 radical (unpaired) electrons. The molecule has 0 aromatic heterocycles. The fraction of sp³-hybridized carbons (Fsp3) is 0.100. The van der Waals surface area contributed by atoms with Crippen LogP contribution in [0.2, 0.25) is 0 Å². The van der Waals surface area contributed by atoms with Gasteiger partial charge >= 0.3 is 0 Å². The van der Waals surface area contributed by atoms with E-state index in [9.17, 15) is 5.11 Å². The molecule has 2 heteroatoms. The van der Waals surface area contributed by atoms with Crippen LogP contribution in [0.4, 0.5) is 5.69 Å². The van der Waals surface area contributed by atoms with Crippen LogP contribution in [0.5, 0.6) is 0 Å². The summed E-state index contributed by atoms with van der Waals surface area (Å²) in [7, 11) is 0. The number of anilines is 1. The van der Waals surface area contributed by atoms with E-state index in [0.717, 1.165) is 16.7 Å². The van der Waals surface area contributed by atoms with Crippen LogP contribution >= 0.6 is 0 Å². The molecular formula is C20H19NO. The van der Waals surface area contributed by atoms with Crippen molar-refractivity contribution in [3.05, 3.63) is 102 Å². The first-order chi connectivity index (χ1) is 10.7. The standard InChI is InChI=1S/C20H19NO/c21-19-14-8-7-13-18(19)20(22,17-11-5-2-6-12-17)15-16-9-3-1-4-10-16/h1-14,22H,15,21H2/t20-/m0/s1. The zero-order valence-corrected chi connectivity index (χ0v) is 12.3. The average Bonchev–Trinajstić information content (AvgIpc) is 2.57. The van der Waals surface area contributed by atoms with Crippen LogP contribution in [0.15, 0.2) is 84.9 Å². The number of rotatable bonds is 4. The van der Waals surface area contributed by atoms with Gasteiger partial charge in [0, 0.05) is 17.7 Å². The van der Waals surface area contributed by atoms with Crippen molar-refractivity contribution < 1.29 is 5.11 Å². The van der Waals surface area contributed by atoms with E-state index in [4.69, 9.17) is 5.73 Å². The summed E-state index contributed by atoms with van der Waals surface area (Å²) in [6.07, 6.45) is 0.478. The summed E-state index contributed by atoms with van der Waals surface area (Å²) >= 11 is 0. The van der Waals surface area contributed by atoms with E-state index in [1.807, 2.05) is 84.9 Å². The van der Waals surface area contributed by atoms with Crippen LogP contribution < -0.4 is 5.73 Å². The molecule has 1 atom stereocenters. The van der Waals surface area contributed by atoms with Crippen LogP contribution in [0.3, 0.4) is 0 Å². The minimum absolute atomic E-state index is 0.478. The Hall–Kier alpha value is -2.58. The summed E-state index contributed by atoms with van der Waals surface area (Å²) < 4.78 is 0. The normalized spacial score (nSPS) is 13.5. The lowest BCUT2D eigenvalue weighted by molar-refractivity contribution is 0.0819. The van der Waals surface area contributed by atoms with Gasteiger partial charge in [-0.3, -0.25) is 0 Å². The Morgan fingerprint density at radius 2 is 1.27 bits per heavy atom. The minimum atomic E-state index is -1.14. The Kier molecular flexibility index (Phi) is 3.94. The predicted octanol–water partition coefficient (Wildman–Crippen LogP) is 3.75. The van der Waals surface area contributed by atoms with Gasteiger partial charge in [-0.25, -0.2) is 0 Å². The van der Waals surface area contributed by atoms with Crippen molar-refractivity contribution >= 4 is 5.69 Å². The maximum absolute atomic E-state index is 11.5. The largest absolute Gasteiger partial charge is 0.398 e. The second-order valence-electron chi connectivity index (χ2n) is 5.48. The summed E-state index contributed by atoms with van der Waals surface area (Å²) in [4.78, 5) is 0. The topological polar surface area (TPSA) is 46.2 Å². The van der Waals surface area contributed by atoms with Crippen LogP contribution in [-0.4, -0.2) is 5.11 Å². The SMILES string of the molecule is Nc1ccccc1[C@](O)(Cc1ccccc1)c1ccccc1. The summed E-state index contributed by atoms with van der Waals surface area (Å²) in [5.41, 5.74) is 8.25. The maximum atomic E-state index is 11.5. The fourth-order valence-electron chi connectivity index (χ4n) is 2.83. The Labute approximate surface area is 130 Å². The zero-order chi connectivity index (χ0) is 15.4. The van der Waals surface area contributed by atoms with Crippen molar-refractivity contribution in [1.82, 2.24) is 0 Å². The number of hydrogen-bond donors (Lipinski definition) is 2. The second-order valence-corrected chi connectivity index (χ2v) is 5.48. The molecule has 3 aromatic rings. The highest BCUT2D eigenvalue weighted by atomic mass is 16.3. The molecule has 0 saturated heterocycles. The van der Waals surface area contributed by atoms with Crippen molar-refractivity contribution in [2.24, 2.45) is 0 Å². The molecule has 0 aliphatic carbocycles. The zero-order valence-electron chi connectivity index (χ0n) is 12.3. The molecule has 0 unspecified atom stereocenters. The van der Waals surface area contributed by atoms with E-state index >= 15 is 0 Å². The van der Waals surface area contributed by atoms with Crippen LogP contribution in [-0.2, 0) is 12.0 Å². The van der Waals surface area contributed by atoms with E-state index in [1.165, 1.54) is 0 Å². The van der Waals surface area contributed by atoms with Gasteiger partial charge in [-0.15, -0.1) is 0 Å². The highest BCUT2D eigenvalue weighted by Gasteiger charge is 2.33. The lowest BCUT2D eigenvalue weighted by Crippen LogP contribution is -2.31. The van der Waals surface area contributed by atoms with Crippen LogP contribution in [0.1, 0.15) is 16.7 Å². The molecule has 0 aliphatic heterocycles. The van der Waals surface area contributed by atoms with Gasteiger partial charge in [0.15, 0.2) is 0 Å². The van der Waals surface area contributed by atoms with Gasteiger partial charge in [-0.05, 0) is 17.2 Å². The molecule has 22 heavy (non-hydrogen) atoms. The first-order valence-corrected chi connectivity index (χ1v) is 7.37. The summed E-state index contributed by atoms with van der Waals surface area (Å²) in [5, 5.41) is 11.5. The van der Waals surface area contributed by atoms with Crippen molar-refractivity contribution in [2.45, 2.75) is 12.0 Å². The van der Waals surface area contributed by atoms with Crippen molar-refractivity contribution in [3.8, 4) is 0 Å². The molecule has 0 saturated carbocycles. The molecule has 0 heterocycles. The number of benzene rings is 3. The highest BCUT2D eigenvalue weighted by molar-refractivity contribution is 5.54. The lowest BCUT2D eigenvalue weighted by atomic mass is 9.80. The molecular weight excluding hydrogens is 270 g/mol. The van der Waals surface area contributed by atoms with Crippen molar-refractivity contribution in [3.63, 3.8) is 0 Å². The molecule has 0 fully saturated rings. The minimum Gasteiger partial charge on any atom is -0.398 e. The van der Waals surface area contributed by atoms with Crippen LogP contribution in [0, 0.1) is 0 Å². The fourth-order valence-corrected chi connectivity index (χ4v) is 2.83. The number of nitrogens with two attached hydrogens (primary N) is 1. The quantitative estimate of drug-likeness (QED) is 0.719. The molecule has 2 nitrogen and oxygen atoms in total. The molecule has 0 amide bonds. The highest BCUT2D eigenvalue weighted by Crippen LogP contribution is 2.36. The first-order valence-electron chi connectivity index (χ1n) is 7.37. The van der Waals surface area contributed by atoms with Gasteiger partial charge in [-0.2, -0.15) is 0 Å². The summed E-state index contributed by atoms with van der Waals surface area (Å²) in [6.45, 7) is 0. The smallest absolute Gasteiger partial charge is 0.121 e. The van der Waals surface area contributed by atoms with Crippen molar-refractivity contribution in [2.75, 3.05) is 5.73 Å². The van der Waals surface area contributed by atoms with Crippen LogP contribution in [0.25, 0.3) is 0 Å². The Morgan fingerprint density at radius 3 is 1.91 bits per heavy atom. The van der Waals surface area contributed by atoms with Gasteiger partial charge in [0.1, 0.15) is 5.60 Å². The Balaban J connectivity index is 2.12. The molecule has 3 aromatic carbocycles.